The maximum absolute atomic E-state index is 4.60. The molecule has 1 aromatic heterocycles. The number of imidazole rings is 1. The third-order valence-electron chi connectivity index (χ3n) is 3.56. The lowest BCUT2D eigenvalue weighted by Crippen LogP contribution is -1.98. The van der Waals surface area contributed by atoms with Crippen molar-refractivity contribution in [2.75, 3.05) is 0 Å². The van der Waals surface area contributed by atoms with Gasteiger partial charge in [0.25, 0.3) is 0 Å². The predicted molar refractivity (Wildman–Crippen MR) is 86.9 cm³/mol. The number of allylic oxidation sites excluding steroid dienone is 4. The molecule has 0 saturated heterocycles. The number of aromatic nitrogens is 2. The van der Waals surface area contributed by atoms with Crippen molar-refractivity contribution in [2.45, 2.75) is 47.1 Å². The van der Waals surface area contributed by atoms with Crippen LogP contribution < -0.4 is 0 Å². The zero-order chi connectivity index (χ0) is 14.5. The van der Waals surface area contributed by atoms with E-state index in [1.807, 2.05) is 6.07 Å². The Morgan fingerprint density at radius 3 is 2.65 bits per heavy atom. The molecule has 106 valence electrons. The zero-order valence-corrected chi connectivity index (χ0v) is 13.0. The van der Waals surface area contributed by atoms with Gasteiger partial charge >= 0.3 is 0 Å². The van der Waals surface area contributed by atoms with E-state index in [0.717, 1.165) is 30.7 Å². The van der Waals surface area contributed by atoms with E-state index in [-0.39, 0.29) is 0 Å². The molecule has 0 saturated carbocycles. The fourth-order valence-corrected chi connectivity index (χ4v) is 2.36. The highest BCUT2D eigenvalue weighted by atomic mass is 15.1. The molecule has 2 heteroatoms. The zero-order valence-electron chi connectivity index (χ0n) is 13.0. The summed E-state index contributed by atoms with van der Waals surface area (Å²) in [6.07, 6.45) is 6.89. The molecule has 0 unspecified atom stereocenters. The highest BCUT2D eigenvalue weighted by molar-refractivity contribution is 5.75. The van der Waals surface area contributed by atoms with Crippen LogP contribution in [0.3, 0.4) is 0 Å². The minimum Gasteiger partial charge on any atom is -0.324 e. The smallest absolute Gasteiger partial charge is 0.107 e. The van der Waals surface area contributed by atoms with E-state index < -0.39 is 0 Å². The number of para-hydroxylation sites is 2. The minimum absolute atomic E-state index is 0.910. The van der Waals surface area contributed by atoms with Gasteiger partial charge in [-0.1, -0.05) is 35.4 Å². The van der Waals surface area contributed by atoms with Crippen LogP contribution in [0.4, 0.5) is 0 Å². The van der Waals surface area contributed by atoms with Crippen molar-refractivity contribution in [3.05, 3.63) is 53.4 Å². The number of aryl methyl sites for hydroxylation is 1. The molecule has 0 amide bonds. The molecule has 0 radical (unpaired) electrons. The molecule has 2 rings (SSSR count). The number of benzene rings is 1. The van der Waals surface area contributed by atoms with Crippen LogP contribution in [0.5, 0.6) is 0 Å². The second-order valence-electron chi connectivity index (χ2n) is 5.63. The first kappa shape index (κ1) is 14.6. The molecule has 0 spiro atoms. The number of nitrogens with zero attached hydrogens (tertiary/aromatic N) is 2. The molecular weight excluding hydrogens is 244 g/mol. The number of rotatable bonds is 5. The molecule has 0 N–H and O–H groups in total. The highest BCUT2D eigenvalue weighted by Crippen LogP contribution is 2.16. The lowest BCUT2D eigenvalue weighted by Gasteiger charge is -2.05. The number of hydrogen-bond donors (Lipinski definition) is 0. The Labute approximate surface area is 121 Å². The Morgan fingerprint density at radius 2 is 1.90 bits per heavy atom. The quantitative estimate of drug-likeness (QED) is 0.695. The van der Waals surface area contributed by atoms with Crippen LogP contribution in [0.15, 0.2) is 47.6 Å². The SMILES string of the molecule is CC(C)=CCCC(C)=CCn1c(C)nc2ccccc21. The maximum atomic E-state index is 4.60. The van der Waals surface area contributed by atoms with Gasteiger partial charge in [-0.3, -0.25) is 0 Å². The van der Waals surface area contributed by atoms with E-state index in [1.54, 1.807) is 0 Å². The lowest BCUT2D eigenvalue weighted by molar-refractivity contribution is 0.794. The standard InChI is InChI=1S/C18H24N2/c1-14(2)8-7-9-15(3)12-13-20-16(4)19-17-10-5-6-11-18(17)20/h5-6,8,10-12H,7,9,13H2,1-4H3. The van der Waals surface area contributed by atoms with E-state index in [2.05, 4.69) is 67.6 Å². The van der Waals surface area contributed by atoms with Gasteiger partial charge in [0.1, 0.15) is 5.82 Å². The highest BCUT2D eigenvalue weighted by Gasteiger charge is 2.04. The molecule has 1 aromatic carbocycles. The van der Waals surface area contributed by atoms with Crippen LogP contribution in [0, 0.1) is 6.92 Å². The van der Waals surface area contributed by atoms with E-state index in [9.17, 15) is 0 Å². The molecule has 0 fully saturated rings. The Bertz CT molecular complexity index is 640. The molecule has 0 atom stereocenters. The van der Waals surface area contributed by atoms with Gasteiger partial charge in [-0.05, 0) is 52.7 Å². The summed E-state index contributed by atoms with van der Waals surface area (Å²) in [6, 6.07) is 8.33. The normalized spacial score (nSPS) is 11.9. The van der Waals surface area contributed by atoms with Crippen molar-refractivity contribution in [3.8, 4) is 0 Å². The van der Waals surface area contributed by atoms with Gasteiger partial charge in [-0.2, -0.15) is 0 Å². The Hall–Kier alpha value is -1.83. The largest absolute Gasteiger partial charge is 0.324 e. The van der Waals surface area contributed by atoms with Crippen LogP contribution in [0.2, 0.25) is 0 Å². The molecule has 0 bridgehead atoms. The van der Waals surface area contributed by atoms with Crippen molar-refractivity contribution in [1.82, 2.24) is 9.55 Å². The van der Waals surface area contributed by atoms with Gasteiger partial charge < -0.3 is 4.57 Å². The van der Waals surface area contributed by atoms with Gasteiger partial charge in [0.15, 0.2) is 0 Å². The van der Waals surface area contributed by atoms with Crippen LogP contribution in [0.25, 0.3) is 11.0 Å². The van der Waals surface area contributed by atoms with Gasteiger partial charge in [-0.25, -0.2) is 4.98 Å². The third kappa shape index (κ3) is 3.60. The summed E-state index contributed by atoms with van der Waals surface area (Å²) in [7, 11) is 0. The first-order valence-corrected chi connectivity index (χ1v) is 7.29. The van der Waals surface area contributed by atoms with Gasteiger partial charge in [0.05, 0.1) is 11.0 Å². The summed E-state index contributed by atoms with van der Waals surface area (Å²) in [6.45, 7) is 9.51. The minimum atomic E-state index is 0.910. The Kier molecular flexibility index (Phi) is 4.78. The summed E-state index contributed by atoms with van der Waals surface area (Å²) in [5.41, 5.74) is 5.15. The summed E-state index contributed by atoms with van der Waals surface area (Å²) < 4.78 is 2.28. The van der Waals surface area contributed by atoms with E-state index in [4.69, 9.17) is 0 Å². The summed E-state index contributed by atoms with van der Waals surface area (Å²) >= 11 is 0. The predicted octanol–water partition coefficient (Wildman–Crippen LogP) is 5.04. The van der Waals surface area contributed by atoms with Crippen LogP contribution >= 0.6 is 0 Å². The third-order valence-corrected chi connectivity index (χ3v) is 3.56. The molecule has 1 heterocycles. The van der Waals surface area contributed by atoms with E-state index in [0.29, 0.717) is 0 Å². The lowest BCUT2D eigenvalue weighted by atomic mass is 10.1. The molecule has 0 aliphatic heterocycles. The average molecular weight is 268 g/mol. The van der Waals surface area contributed by atoms with E-state index in [1.165, 1.54) is 16.7 Å². The molecule has 0 aliphatic carbocycles. The van der Waals surface area contributed by atoms with E-state index >= 15 is 0 Å². The van der Waals surface area contributed by atoms with Crippen LogP contribution in [-0.4, -0.2) is 9.55 Å². The number of fused-ring (bicyclic) bond motifs is 1. The molecule has 2 aromatic rings. The van der Waals surface area contributed by atoms with Crippen molar-refractivity contribution < 1.29 is 0 Å². The molecular formula is C18H24N2. The first-order chi connectivity index (χ1) is 9.58. The number of hydrogen-bond acceptors (Lipinski definition) is 1. The van der Waals surface area contributed by atoms with Crippen molar-refractivity contribution in [2.24, 2.45) is 0 Å². The topological polar surface area (TPSA) is 17.8 Å². The molecule has 20 heavy (non-hydrogen) atoms. The fraction of sp³-hybridized carbons (Fsp3) is 0.389. The van der Waals surface area contributed by atoms with Crippen molar-refractivity contribution in [3.63, 3.8) is 0 Å². The Balaban J connectivity index is 2.08. The monoisotopic (exact) mass is 268 g/mol. The summed E-state index contributed by atoms with van der Waals surface area (Å²) in [5.74, 6) is 1.08. The fourth-order valence-electron chi connectivity index (χ4n) is 2.36. The molecule has 2 nitrogen and oxygen atoms in total. The maximum Gasteiger partial charge on any atom is 0.107 e. The van der Waals surface area contributed by atoms with Crippen LogP contribution in [-0.2, 0) is 6.54 Å². The second kappa shape index (κ2) is 6.56. The summed E-state index contributed by atoms with van der Waals surface area (Å²) in [5, 5.41) is 0. The van der Waals surface area contributed by atoms with Crippen LogP contribution in [0.1, 0.15) is 39.4 Å². The van der Waals surface area contributed by atoms with Gasteiger partial charge in [0, 0.05) is 6.54 Å². The van der Waals surface area contributed by atoms with Gasteiger partial charge in [0.2, 0.25) is 0 Å². The first-order valence-electron chi connectivity index (χ1n) is 7.29. The van der Waals surface area contributed by atoms with Crippen molar-refractivity contribution >= 4 is 11.0 Å². The average Bonchev–Trinajstić information content (AvgIpc) is 2.71. The second-order valence-corrected chi connectivity index (χ2v) is 5.63. The Morgan fingerprint density at radius 1 is 1.15 bits per heavy atom. The molecule has 0 aliphatic rings. The van der Waals surface area contributed by atoms with Crippen molar-refractivity contribution in [1.29, 1.82) is 0 Å². The summed E-state index contributed by atoms with van der Waals surface area (Å²) in [4.78, 5) is 4.60. The van der Waals surface area contributed by atoms with Gasteiger partial charge in [-0.15, -0.1) is 0 Å².